The molecule has 6 nitrogen and oxygen atoms in total. The van der Waals surface area contributed by atoms with Gasteiger partial charge < -0.3 is 19.8 Å². The molecule has 1 aromatic heterocycles. The van der Waals surface area contributed by atoms with Crippen molar-refractivity contribution in [3.63, 3.8) is 0 Å². The topological polar surface area (TPSA) is 71.7 Å². The molecule has 0 unspecified atom stereocenters. The van der Waals surface area contributed by atoms with Crippen molar-refractivity contribution in [3.05, 3.63) is 17.3 Å². The molecule has 2 rings (SSSR count). The first-order valence-corrected chi connectivity index (χ1v) is 7.14. The molecule has 0 aliphatic heterocycles. The van der Waals surface area contributed by atoms with E-state index >= 15 is 0 Å². The molecule has 1 fully saturated rings. The first kappa shape index (κ1) is 14.8. The lowest BCUT2D eigenvalue weighted by Crippen LogP contribution is -2.38. The lowest BCUT2D eigenvalue weighted by atomic mass is 10.4. The van der Waals surface area contributed by atoms with Gasteiger partial charge >= 0.3 is 0 Å². The minimum Gasteiger partial charge on any atom is -0.444 e. The second kappa shape index (κ2) is 7.28. The van der Waals surface area contributed by atoms with Crippen molar-refractivity contribution >= 4 is 5.96 Å². The number of hydrogen-bond acceptors (Lipinski definition) is 4. The maximum atomic E-state index is 5.56. The maximum absolute atomic E-state index is 5.56. The third-order valence-corrected chi connectivity index (χ3v) is 3.29. The van der Waals surface area contributed by atoms with Crippen molar-refractivity contribution in [1.82, 2.24) is 15.6 Å². The molecule has 1 saturated carbocycles. The SMILES string of the molecule is CN=C(NCCOCC1CC1)NCc1nc(C)c(C)o1. The van der Waals surface area contributed by atoms with E-state index in [0.717, 1.165) is 36.5 Å². The average molecular weight is 280 g/mol. The average Bonchev–Trinajstić information content (AvgIpc) is 3.20. The lowest BCUT2D eigenvalue weighted by molar-refractivity contribution is 0.129. The largest absolute Gasteiger partial charge is 0.444 e. The summed E-state index contributed by atoms with van der Waals surface area (Å²) in [5.74, 6) is 3.07. The van der Waals surface area contributed by atoms with Crippen LogP contribution in [0.15, 0.2) is 9.41 Å². The van der Waals surface area contributed by atoms with E-state index in [9.17, 15) is 0 Å². The Morgan fingerprint density at radius 3 is 2.80 bits per heavy atom. The highest BCUT2D eigenvalue weighted by molar-refractivity contribution is 5.79. The molecule has 2 N–H and O–H groups in total. The summed E-state index contributed by atoms with van der Waals surface area (Å²) in [6.07, 6.45) is 2.65. The van der Waals surface area contributed by atoms with Crippen LogP contribution in [0, 0.1) is 19.8 Å². The molecule has 6 heteroatoms. The van der Waals surface area contributed by atoms with Gasteiger partial charge in [-0.1, -0.05) is 0 Å². The van der Waals surface area contributed by atoms with Crippen molar-refractivity contribution in [2.75, 3.05) is 26.8 Å². The quantitative estimate of drug-likeness (QED) is 0.448. The number of ether oxygens (including phenoxy) is 1. The van der Waals surface area contributed by atoms with E-state index in [4.69, 9.17) is 9.15 Å². The minimum absolute atomic E-state index is 0.525. The number of aliphatic imine (C=N–C) groups is 1. The molecule has 1 aromatic rings. The Labute approximate surface area is 120 Å². The molecule has 0 aromatic carbocycles. The number of oxazole rings is 1. The maximum Gasteiger partial charge on any atom is 0.214 e. The Balaban J connectivity index is 1.61. The smallest absolute Gasteiger partial charge is 0.214 e. The van der Waals surface area contributed by atoms with E-state index in [1.165, 1.54) is 12.8 Å². The molecule has 20 heavy (non-hydrogen) atoms. The summed E-state index contributed by atoms with van der Waals surface area (Å²) in [6, 6.07) is 0. The standard InChI is InChI=1S/C14H24N4O2/c1-10-11(2)20-13(18-10)8-17-14(15-3)16-6-7-19-9-12-4-5-12/h12H,4-9H2,1-3H3,(H2,15,16,17). The second-order valence-corrected chi connectivity index (χ2v) is 5.12. The molecule has 0 amide bonds. The Hall–Kier alpha value is -1.56. The molecule has 0 radical (unpaired) electrons. The van der Waals surface area contributed by atoms with Gasteiger partial charge in [0, 0.05) is 20.2 Å². The van der Waals surface area contributed by atoms with E-state index in [0.29, 0.717) is 19.0 Å². The van der Waals surface area contributed by atoms with E-state index in [2.05, 4.69) is 20.6 Å². The van der Waals surface area contributed by atoms with Gasteiger partial charge in [-0.3, -0.25) is 4.99 Å². The first-order valence-electron chi connectivity index (χ1n) is 7.14. The van der Waals surface area contributed by atoms with E-state index in [1.54, 1.807) is 7.05 Å². The van der Waals surface area contributed by atoms with Gasteiger partial charge in [0.15, 0.2) is 5.96 Å². The van der Waals surface area contributed by atoms with E-state index in [1.807, 2.05) is 13.8 Å². The minimum atomic E-state index is 0.525. The van der Waals surface area contributed by atoms with Gasteiger partial charge in [-0.25, -0.2) is 4.98 Å². The third-order valence-electron chi connectivity index (χ3n) is 3.29. The predicted octanol–water partition coefficient (Wildman–Crippen LogP) is 1.38. The number of hydrogen-bond donors (Lipinski definition) is 2. The van der Waals surface area contributed by atoms with Crippen LogP contribution in [0.1, 0.15) is 30.2 Å². The van der Waals surface area contributed by atoms with Crippen LogP contribution in [0.2, 0.25) is 0 Å². The molecule has 112 valence electrons. The van der Waals surface area contributed by atoms with E-state index < -0.39 is 0 Å². The van der Waals surface area contributed by atoms with Gasteiger partial charge in [-0.2, -0.15) is 0 Å². The number of nitrogens with one attached hydrogen (secondary N) is 2. The highest BCUT2D eigenvalue weighted by Gasteiger charge is 2.20. The highest BCUT2D eigenvalue weighted by Crippen LogP contribution is 2.28. The Morgan fingerprint density at radius 2 is 2.20 bits per heavy atom. The molecule has 1 aliphatic carbocycles. The Kier molecular flexibility index (Phi) is 5.40. The number of guanidine groups is 1. The van der Waals surface area contributed by atoms with Crippen LogP contribution in [0.4, 0.5) is 0 Å². The van der Waals surface area contributed by atoms with Gasteiger partial charge in [0.25, 0.3) is 0 Å². The zero-order valence-electron chi connectivity index (χ0n) is 12.5. The van der Waals surface area contributed by atoms with Gasteiger partial charge in [0.2, 0.25) is 5.89 Å². The van der Waals surface area contributed by atoms with Crippen LogP contribution in [-0.2, 0) is 11.3 Å². The molecule has 0 spiro atoms. The molecule has 1 aliphatic rings. The van der Waals surface area contributed by atoms with Gasteiger partial charge in [-0.15, -0.1) is 0 Å². The van der Waals surface area contributed by atoms with Crippen LogP contribution in [-0.4, -0.2) is 37.7 Å². The van der Waals surface area contributed by atoms with Crippen molar-refractivity contribution in [2.45, 2.75) is 33.2 Å². The summed E-state index contributed by atoms with van der Waals surface area (Å²) in [5.41, 5.74) is 0.929. The monoisotopic (exact) mass is 280 g/mol. The zero-order chi connectivity index (χ0) is 14.4. The van der Waals surface area contributed by atoms with Gasteiger partial charge in [0.05, 0.1) is 18.8 Å². The van der Waals surface area contributed by atoms with Crippen molar-refractivity contribution in [1.29, 1.82) is 0 Å². The molecular weight excluding hydrogens is 256 g/mol. The van der Waals surface area contributed by atoms with Crippen LogP contribution < -0.4 is 10.6 Å². The second-order valence-electron chi connectivity index (χ2n) is 5.12. The number of aromatic nitrogens is 1. The summed E-state index contributed by atoms with van der Waals surface area (Å²) in [6.45, 7) is 6.72. The molecule has 0 atom stereocenters. The van der Waals surface area contributed by atoms with Crippen LogP contribution in [0.5, 0.6) is 0 Å². The Bertz CT molecular complexity index is 433. The summed E-state index contributed by atoms with van der Waals surface area (Å²) in [4.78, 5) is 8.46. The summed E-state index contributed by atoms with van der Waals surface area (Å²) in [5, 5.41) is 6.37. The van der Waals surface area contributed by atoms with Crippen LogP contribution in [0.3, 0.4) is 0 Å². The summed E-state index contributed by atoms with van der Waals surface area (Å²) in [7, 11) is 1.74. The normalized spacial score (nSPS) is 15.4. The fourth-order valence-corrected chi connectivity index (χ4v) is 1.77. The number of rotatable bonds is 7. The zero-order valence-corrected chi connectivity index (χ0v) is 12.5. The van der Waals surface area contributed by atoms with Crippen LogP contribution in [0.25, 0.3) is 0 Å². The van der Waals surface area contributed by atoms with Crippen molar-refractivity contribution in [2.24, 2.45) is 10.9 Å². The van der Waals surface area contributed by atoms with Crippen molar-refractivity contribution in [3.8, 4) is 0 Å². The fourth-order valence-electron chi connectivity index (χ4n) is 1.77. The van der Waals surface area contributed by atoms with Gasteiger partial charge in [-0.05, 0) is 32.6 Å². The van der Waals surface area contributed by atoms with Crippen molar-refractivity contribution < 1.29 is 9.15 Å². The van der Waals surface area contributed by atoms with Gasteiger partial charge in [0.1, 0.15) is 5.76 Å². The fraction of sp³-hybridized carbons (Fsp3) is 0.714. The Morgan fingerprint density at radius 1 is 1.40 bits per heavy atom. The van der Waals surface area contributed by atoms with Crippen LogP contribution >= 0.6 is 0 Å². The molecule has 1 heterocycles. The highest BCUT2D eigenvalue weighted by atomic mass is 16.5. The predicted molar refractivity (Wildman–Crippen MR) is 77.7 cm³/mol. The summed E-state index contributed by atoms with van der Waals surface area (Å²) >= 11 is 0. The number of nitrogens with zero attached hydrogens (tertiary/aromatic N) is 2. The molecule has 0 saturated heterocycles. The molecular formula is C14H24N4O2. The van der Waals surface area contributed by atoms with E-state index in [-0.39, 0.29) is 0 Å². The number of aryl methyl sites for hydroxylation is 2. The first-order chi connectivity index (χ1) is 9.69. The lowest BCUT2D eigenvalue weighted by Gasteiger charge is -2.10. The summed E-state index contributed by atoms with van der Waals surface area (Å²) < 4.78 is 11.1. The molecule has 0 bridgehead atoms. The third kappa shape index (κ3) is 4.85.